The number of hydrogen-bond donors (Lipinski definition) is 4. The van der Waals surface area contributed by atoms with E-state index in [9.17, 15) is 9.59 Å². The van der Waals surface area contributed by atoms with E-state index in [1.165, 1.54) is 0 Å². The van der Waals surface area contributed by atoms with E-state index in [0.717, 1.165) is 5.56 Å². The van der Waals surface area contributed by atoms with Crippen molar-refractivity contribution in [3.8, 4) is 0 Å². The second kappa shape index (κ2) is 7.65. The third-order valence-electron chi connectivity index (χ3n) is 3.75. The first-order chi connectivity index (χ1) is 10.5. The molecule has 1 fully saturated rings. The third-order valence-corrected chi connectivity index (χ3v) is 3.75. The molecule has 1 aromatic rings. The number of nitrogens with two attached hydrogens (primary N) is 1. The molecule has 0 radical (unpaired) electrons. The van der Waals surface area contributed by atoms with E-state index in [1.54, 1.807) is 0 Å². The average Bonchev–Trinajstić information content (AvgIpc) is 2.49. The van der Waals surface area contributed by atoms with Crippen LogP contribution in [-0.4, -0.2) is 35.4 Å². The molecular weight excluding hydrogens is 286 g/mol. The predicted octanol–water partition coefficient (Wildman–Crippen LogP) is 1.43. The molecule has 22 heavy (non-hydrogen) atoms. The third kappa shape index (κ3) is 4.92. The van der Waals surface area contributed by atoms with E-state index < -0.39 is 12.2 Å². The molecule has 7 heteroatoms. The van der Waals surface area contributed by atoms with Crippen LogP contribution in [0, 0.1) is 0 Å². The van der Waals surface area contributed by atoms with Crippen molar-refractivity contribution in [2.24, 2.45) is 5.73 Å². The summed E-state index contributed by atoms with van der Waals surface area (Å²) in [5.74, 6) is 0. The molecule has 1 aliphatic rings. The fraction of sp³-hybridized carbons (Fsp3) is 0.467. The molecule has 5 N–H and O–H groups in total. The first kappa shape index (κ1) is 16.1. The average molecular weight is 307 g/mol. The maximum atomic E-state index is 11.8. The van der Waals surface area contributed by atoms with Crippen molar-refractivity contribution in [2.45, 2.75) is 44.0 Å². The number of nitrogens with one attached hydrogen (secondary N) is 2. The van der Waals surface area contributed by atoms with E-state index in [4.69, 9.17) is 15.6 Å². The Labute approximate surface area is 128 Å². The molecule has 0 aliphatic heterocycles. The van der Waals surface area contributed by atoms with Crippen molar-refractivity contribution in [3.63, 3.8) is 0 Å². The topological polar surface area (TPSA) is 114 Å². The largest absolute Gasteiger partial charge is 0.465 e. The summed E-state index contributed by atoms with van der Waals surface area (Å²) in [5, 5.41) is 13.9. The standard InChI is InChI=1S/C15H21N3O4/c16-12-7-6-11(8-13(12)18-14(19)20)17-15(21)22-9-10-4-2-1-3-5-10/h1-5,11-13,18H,6-9,16H2,(H,17,21)(H,19,20). The highest BCUT2D eigenvalue weighted by molar-refractivity contribution is 5.68. The van der Waals surface area contributed by atoms with Gasteiger partial charge >= 0.3 is 12.2 Å². The zero-order valence-electron chi connectivity index (χ0n) is 12.2. The van der Waals surface area contributed by atoms with Gasteiger partial charge < -0.3 is 26.2 Å². The lowest BCUT2D eigenvalue weighted by Gasteiger charge is -2.33. The minimum atomic E-state index is -1.10. The van der Waals surface area contributed by atoms with Crippen molar-refractivity contribution in [1.82, 2.24) is 10.6 Å². The minimum absolute atomic E-state index is 0.139. The van der Waals surface area contributed by atoms with E-state index in [-0.39, 0.29) is 24.7 Å². The molecule has 120 valence electrons. The van der Waals surface area contributed by atoms with Gasteiger partial charge in [-0.1, -0.05) is 30.3 Å². The number of alkyl carbamates (subject to hydrolysis) is 1. The van der Waals surface area contributed by atoms with Crippen molar-refractivity contribution < 1.29 is 19.4 Å². The van der Waals surface area contributed by atoms with Crippen LogP contribution < -0.4 is 16.4 Å². The fourth-order valence-corrected chi connectivity index (χ4v) is 2.58. The van der Waals surface area contributed by atoms with E-state index in [2.05, 4.69) is 10.6 Å². The molecule has 7 nitrogen and oxygen atoms in total. The summed E-state index contributed by atoms with van der Waals surface area (Å²) in [5.41, 5.74) is 6.80. The van der Waals surface area contributed by atoms with Gasteiger partial charge in [-0.3, -0.25) is 0 Å². The molecule has 0 bridgehead atoms. The Kier molecular flexibility index (Phi) is 5.60. The van der Waals surface area contributed by atoms with Crippen LogP contribution >= 0.6 is 0 Å². The molecule has 1 aromatic carbocycles. The molecule has 1 saturated carbocycles. The molecule has 0 spiro atoms. The number of rotatable bonds is 4. The number of carboxylic acid groups (broad SMARTS) is 1. The quantitative estimate of drug-likeness (QED) is 0.672. The number of carbonyl (C=O) groups is 2. The van der Waals surface area contributed by atoms with Gasteiger partial charge in [0.15, 0.2) is 0 Å². The molecule has 0 heterocycles. The lowest BCUT2D eigenvalue weighted by molar-refractivity contribution is 0.130. The van der Waals surface area contributed by atoms with E-state index in [0.29, 0.717) is 19.3 Å². The van der Waals surface area contributed by atoms with Crippen LogP contribution in [0.3, 0.4) is 0 Å². The fourth-order valence-electron chi connectivity index (χ4n) is 2.58. The predicted molar refractivity (Wildman–Crippen MR) is 80.3 cm³/mol. The smallest absolute Gasteiger partial charge is 0.407 e. The number of amides is 2. The summed E-state index contributed by atoms with van der Waals surface area (Å²) in [6.07, 6.45) is 0.216. The normalized spacial score (nSPS) is 24.3. The second-order valence-electron chi connectivity index (χ2n) is 5.44. The Morgan fingerprint density at radius 3 is 2.64 bits per heavy atom. The van der Waals surface area contributed by atoms with E-state index >= 15 is 0 Å². The maximum absolute atomic E-state index is 11.8. The number of ether oxygens (including phenoxy) is 1. The molecule has 1 aliphatic carbocycles. The highest BCUT2D eigenvalue weighted by atomic mass is 16.5. The van der Waals surface area contributed by atoms with Gasteiger partial charge in [0.25, 0.3) is 0 Å². The summed E-state index contributed by atoms with van der Waals surface area (Å²) < 4.78 is 5.16. The van der Waals surface area contributed by atoms with Crippen LogP contribution in [0.15, 0.2) is 30.3 Å². The van der Waals surface area contributed by atoms with Gasteiger partial charge in [0, 0.05) is 18.1 Å². The van der Waals surface area contributed by atoms with Gasteiger partial charge in [-0.15, -0.1) is 0 Å². The zero-order valence-corrected chi connectivity index (χ0v) is 12.2. The lowest BCUT2D eigenvalue weighted by atomic mass is 9.87. The van der Waals surface area contributed by atoms with Gasteiger partial charge in [-0.05, 0) is 24.8 Å². The number of carbonyl (C=O) groups excluding carboxylic acids is 1. The summed E-state index contributed by atoms with van der Waals surface area (Å²) in [6.45, 7) is 0.204. The summed E-state index contributed by atoms with van der Waals surface area (Å²) in [7, 11) is 0. The SMILES string of the molecule is NC1CCC(NC(=O)OCc2ccccc2)CC1NC(=O)O. The highest BCUT2D eigenvalue weighted by Crippen LogP contribution is 2.18. The van der Waals surface area contributed by atoms with Crippen LogP contribution in [-0.2, 0) is 11.3 Å². The molecule has 2 rings (SSSR count). The molecule has 2 amide bonds. The van der Waals surface area contributed by atoms with Crippen LogP contribution in [0.2, 0.25) is 0 Å². The summed E-state index contributed by atoms with van der Waals surface area (Å²) >= 11 is 0. The Hall–Kier alpha value is -2.28. The van der Waals surface area contributed by atoms with Crippen LogP contribution in [0.5, 0.6) is 0 Å². The number of benzene rings is 1. The Bertz CT molecular complexity index is 509. The summed E-state index contributed by atoms with van der Waals surface area (Å²) in [4.78, 5) is 22.5. The van der Waals surface area contributed by atoms with Crippen molar-refractivity contribution in [3.05, 3.63) is 35.9 Å². The van der Waals surface area contributed by atoms with Crippen molar-refractivity contribution >= 4 is 12.2 Å². The lowest BCUT2D eigenvalue weighted by Crippen LogP contribution is -2.54. The first-order valence-electron chi connectivity index (χ1n) is 7.27. The van der Waals surface area contributed by atoms with Gasteiger partial charge in [0.1, 0.15) is 6.61 Å². The van der Waals surface area contributed by atoms with Gasteiger partial charge in [-0.25, -0.2) is 9.59 Å². The highest BCUT2D eigenvalue weighted by Gasteiger charge is 2.30. The second-order valence-corrected chi connectivity index (χ2v) is 5.44. The summed E-state index contributed by atoms with van der Waals surface area (Å²) in [6, 6.07) is 8.67. The van der Waals surface area contributed by atoms with Crippen molar-refractivity contribution in [2.75, 3.05) is 0 Å². The van der Waals surface area contributed by atoms with Crippen LogP contribution in [0.1, 0.15) is 24.8 Å². The monoisotopic (exact) mass is 307 g/mol. The molecule has 0 aromatic heterocycles. The van der Waals surface area contributed by atoms with Crippen LogP contribution in [0.4, 0.5) is 9.59 Å². The van der Waals surface area contributed by atoms with Gasteiger partial charge in [0.2, 0.25) is 0 Å². The molecule has 0 saturated heterocycles. The Morgan fingerprint density at radius 1 is 1.23 bits per heavy atom. The zero-order chi connectivity index (χ0) is 15.9. The minimum Gasteiger partial charge on any atom is -0.465 e. The molecule has 3 unspecified atom stereocenters. The first-order valence-corrected chi connectivity index (χ1v) is 7.27. The van der Waals surface area contributed by atoms with Gasteiger partial charge in [0.05, 0.1) is 0 Å². The van der Waals surface area contributed by atoms with E-state index in [1.807, 2.05) is 30.3 Å². The Balaban J connectivity index is 1.77. The van der Waals surface area contributed by atoms with Crippen LogP contribution in [0.25, 0.3) is 0 Å². The molecule has 3 atom stereocenters. The Morgan fingerprint density at radius 2 is 1.95 bits per heavy atom. The molecular formula is C15H21N3O4. The van der Waals surface area contributed by atoms with Gasteiger partial charge in [-0.2, -0.15) is 0 Å². The van der Waals surface area contributed by atoms with Crippen molar-refractivity contribution in [1.29, 1.82) is 0 Å². The maximum Gasteiger partial charge on any atom is 0.407 e. The number of hydrogen-bond acceptors (Lipinski definition) is 4.